The van der Waals surface area contributed by atoms with Crippen LogP contribution >= 0.6 is 11.3 Å². The van der Waals surface area contributed by atoms with Gasteiger partial charge in [0.15, 0.2) is 5.75 Å². The second-order valence-electron chi connectivity index (χ2n) is 4.36. The lowest BCUT2D eigenvalue weighted by Crippen LogP contribution is -1.95. The molecule has 0 radical (unpaired) electrons. The van der Waals surface area contributed by atoms with Gasteiger partial charge in [-0.3, -0.25) is 0 Å². The Bertz CT molecular complexity index is 754. The zero-order valence-electron chi connectivity index (χ0n) is 11.3. The van der Waals surface area contributed by atoms with Crippen LogP contribution in [0.1, 0.15) is 12.6 Å². The SMILES string of the molecule is CCc1nc(-c2nccs2)c(O)c2cc(OC)ccc12. The first-order chi connectivity index (χ1) is 9.74. The summed E-state index contributed by atoms with van der Waals surface area (Å²) < 4.78 is 5.24. The lowest BCUT2D eigenvalue weighted by atomic mass is 10.1. The van der Waals surface area contributed by atoms with Gasteiger partial charge in [-0.1, -0.05) is 6.92 Å². The van der Waals surface area contributed by atoms with E-state index in [0.29, 0.717) is 11.4 Å². The highest BCUT2D eigenvalue weighted by molar-refractivity contribution is 7.13. The van der Waals surface area contributed by atoms with Gasteiger partial charge in [0.25, 0.3) is 0 Å². The molecule has 0 aliphatic carbocycles. The molecule has 20 heavy (non-hydrogen) atoms. The Kier molecular flexibility index (Phi) is 3.28. The zero-order chi connectivity index (χ0) is 14.1. The number of pyridine rings is 1. The van der Waals surface area contributed by atoms with Crippen LogP contribution in [0.2, 0.25) is 0 Å². The quantitative estimate of drug-likeness (QED) is 0.798. The number of aromatic hydroxyl groups is 1. The number of nitrogens with zero attached hydrogens (tertiary/aromatic N) is 2. The van der Waals surface area contributed by atoms with Gasteiger partial charge in [0.1, 0.15) is 16.5 Å². The molecule has 0 bridgehead atoms. The Hall–Kier alpha value is -2.14. The fourth-order valence-electron chi connectivity index (χ4n) is 2.23. The van der Waals surface area contributed by atoms with Crippen LogP contribution in [0.5, 0.6) is 11.5 Å². The van der Waals surface area contributed by atoms with Gasteiger partial charge in [0, 0.05) is 28.0 Å². The summed E-state index contributed by atoms with van der Waals surface area (Å²) in [6, 6.07) is 5.65. The topological polar surface area (TPSA) is 55.2 Å². The lowest BCUT2D eigenvalue weighted by molar-refractivity contribution is 0.415. The van der Waals surface area contributed by atoms with Crippen LogP contribution in [0.3, 0.4) is 0 Å². The van der Waals surface area contributed by atoms with E-state index in [0.717, 1.165) is 27.9 Å². The molecule has 1 N–H and O–H groups in total. The third-order valence-corrected chi connectivity index (χ3v) is 4.01. The van der Waals surface area contributed by atoms with E-state index in [1.165, 1.54) is 11.3 Å². The highest BCUT2D eigenvalue weighted by Gasteiger charge is 2.16. The number of ether oxygens (including phenoxy) is 1. The molecule has 5 heteroatoms. The Morgan fingerprint density at radius 3 is 2.80 bits per heavy atom. The van der Waals surface area contributed by atoms with Crippen molar-refractivity contribution < 1.29 is 9.84 Å². The molecule has 0 aliphatic rings. The molecule has 0 amide bonds. The van der Waals surface area contributed by atoms with E-state index < -0.39 is 0 Å². The number of thiazole rings is 1. The summed E-state index contributed by atoms with van der Waals surface area (Å²) in [4.78, 5) is 8.81. The normalized spacial score (nSPS) is 10.9. The molecule has 4 nitrogen and oxygen atoms in total. The predicted octanol–water partition coefficient (Wildman–Crippen LogP) is 3.63. The summed E-state index contributed by atoms with van der Waals surface area (Å²) in [5.41, 5.74) is 1.49. The number of hydrogen-bond acceptors (Lipinski definition) is 5. The molecule has 0 spiro atoms. The van der Waals surface area contributed by atoms with E-state index >= 15 is 0 Å². The molecule has 2 heterocycles. The highest BCUT2D eigenvalue weighted by atomic mass is 32.1. The van der Waals surface area contributed by atoms with E-state index in [1.54, 1.807) is 13.3 Å². The summed E-state index contributed by atoms with van der Waals surface area (Å²) >= 11 is 1.46. The van der Waals surface area contributed by atoms with Crippen LogP contribution in [0.15, 0.2) is 29.8 Å². The number of hydrogen-bond donors (Lipinski definition) is 1. The second-order valence-corrected chi connectivity index (χ2v) is 5.25. The molecular formula is C15H14N2O2S. The van der Waals surface area contributed by atoms with E-state index in [2.05, 4.69) is 16.9 Å². The van der Waals surface area contributed by atoms with Gasteiger partial charge in [-0.2, -0.15) is 0 Å². The molecule has 0 saturated heterocycles. The number of aryl methyl sites for hydroxylation is 1. The molecule has 3 aromatic rings. The van der Waals surface area contributed by atoms with Crippen LogP contribution in [0, 0.1) is 0 Å². The summed E-state index contributed by atoms with van der Waals surface area (Å²) in [5, 5.41) is 14.8. The van der Waals surface area contributed by atoms with Crippen molar-refractivity contribution in [2.24, 2.45) is 0 Å². The van der Waals surface area contributed by atoms with Crippen molar-refractivity contribution in [3.63, 3.8) is 0 Å². The van der Waals surface area contributed by atoms with E-state index in [1.807, 2.05) is 23.6 Å². The van der Waals surface area contributed by atoms with Crippen molar-refractivity contribution in [3.8, 4) is 22.2 Å². The predicted molar refractivity (Wildman–Crippen MR) is 80.4 cm³/mol. The van der Waals surface area contributed by atoms with E-state index in [4.69, 9.17) is 4.74 Å². The van der Waals surface area contributed by atoms with E-state index in [9.17, 15) is 5.11 Å². The summed E-state index contributed by atoms with van der Waals surface area (Å²) in [6.07, 6.45) is 2.50. The van der Waals surface area contributed by atoms with Crippen molar-refractivity contribution in [1.82, 2.24) is 9.97 Å². The summed E-state index contributed by atoms with van der Waals surface area (Å²) in [7, 11) is 1.61. The Balaban J connectivity index is 2.35. The van der Waals surface area contributed by atoms with Gasteiger partial charge in [0.05, 0.1) is 7.11 Å². The Morgan fingerprint density at radius 1 is 1.30 bits per heavy atom. The van der Waals surface area contributed by atoms with Gasteiger partial charge in [-0.15, -0.1) is 11.3 Å². The van der Waals surface area contributed by atoms with Gasteiger partial charge in [-0.25, -0.2) is 9.97 Å². The Labute approximate surface area is 120 Å². The molecule has 0 unspecified atom stereocenters. The third-order valence-electron chi connectivity index (χ3n) is 3.23. The van der Waals surface area contributed by atoms with Crippen LogP contribution in [-0.4, -0.2) is 22.2 Å². The highest BCUT2D eigenvalue weighted by Crippen LogP contribution is 2.38. The maximum atomic E-state index is 10.5. The summed E-state index contributed by atoms with van der Waals surface area (Å²) in [5.74, 6) is 0.872. The van der Waals surface area contributed by atoms with Gasteiger partial charge in [0.2, 0.25) is 0 Å². The fourth-order valence-corrected chi connectivity index (χ4v) is 2.86. The summed E-state index contributed by atoms with van der Waals surface area (Å²) in [6.45, 7) is 2.05. The van der Waals surface area contributed by atoms with Crippen LogP contribution in [-0.2, 0) is 6.42 Å². The van der Waals surface area contributed by atoms with Gasteiger partial charge >= 0.3 is 0 Å². The molecule has 2 aromatic heterocycles. The molecule has 0 aliphatic heterocycles. The van der Waals surface area contributed by atoms with Crippen molar-refractivity contribution in [3.05, 3.63) is 35.5 Å². The first-order valence-electron chi connectivity index (χ1n) is 6.34. The van der Waals surface area contributed by atoms with Crippen LogP contribution in [0.4, 0.5) is 0 Å². The maximum absolute atomic E-state index is 10.5. The number of aromatic nitrogens is 2. The van der Waals surface area contributed by atoms with Crippen molar-refractivity contribution >= 4 is 22.1 Å². The molecule has 0 atom stereocenters. The minimum absolute atomic E-state index is 0.158. The lowest BCUT2D eigenvalue weighted by Gasteiger charge is -2.11. The molecule has 0 fully saturated rings. The van der Waals surface area contributed by atoms with Gasteiger partial charge in [-0.05, 0) is 24.6 Å². The smallest absolute Gasteiger partial charge is 0.152 e. The average Bonchev–Trinajstić information content (AvgIpc) is 3.01. The minimum atomic E-state index is 0.158. The van der Waals surface area contributed by atoms with Crippen molar-refractivity contribution in [1.29, 1.82) is 0 Å². The monoisotopic (exact) mass is 286 g/mol. The second kappa shape index (κ2) is 5.09. The molecule has 102 valence electrons. The molecular weight excluding hydrogens is 272 g/mol. The van der Waals surface area contributed by atoms with Crippen molar-refractivity contribution in [2.45, 2.75) is 13.3 Å². The van der Waals surface area contributed by atoms with E-state index in [-0.39, 0.29) is 5.75 Å². The van der Waals surface area contributed by atoms with Gasteiger partial charge < -0.3 is 9.84 Å². The zero-order valence-corrected chi connectivity index (χ0v) is 12.1. The molecule has 3 rings (SSSR count). The average molecular weight is 286 g/mol. The maximum Gasteiger partial charge on any atom is 0.152 e. The number of benzene rings is 1. The molecule has 0 saturated carbocycles. The van der Waals surface area contributed by atoms with Crippen molar-refractivity contribution in [2.75, 3.05) is 7.11 Å². The first kappa shape index (κ1) is 12.9. The minimum Gasteiger partial charge on any atom is -0.505 e. The molecule has 1 aromatic carbocycles. The number of rotatable bonds is 3. The fraction of sp³-hybridized carbons (Fsp3) is 0.200. The van der Waals surface area contributed by atoms with Crippen LogP contribution < -0.4 is 4.74 Å². The van der Waals surface area contributed by atoms with Crippen LogP contribution in [0.25, 0.3) is 21.5 Å². The largest absolute Gasteiger partial charge is 0.505 e. The first-order valence-corrected chi connectivity index (χ1v) is 7.22. The number of methoxy groups -OCH3 is 1. The third kappa shape index (κ3) is 2.00. The Morgan fingerprint density at radius 2 is 2.15 bits per heavy atom. The standard InChI is InChI=1S/C15H14N2O2S/c1-3-12-10-5-4-9(19-2)8-11(10)14(18)13(17-12)15-16-6-7-20-15/h4-8,18H,3H2,1-2H3. The number of fused-ring (bicyclic) bond motifs is 1.